The quantitative estimate of drug-likeness (QED) is 0.0746. The molecule has 0 saturated carbocycles. The van der Waals surface area contributed by atoms with E-state index in [-0.39, 0.29) is 59.9 Å². The Hall–Kier alpha value is 1.31. The molecule has 0 heterocycles. The molecule has 0 amide bonds. The van der Waals surface area contributed by atoms with E-state index in [0.717, 1.165) is 12.8 Å². The van der Waals surface area contributed by atoms with E-state index < -0.39 is 0 Å². The van der Waals surface area contributed by atoms with Crippen LogP contribution in [-0.4, -0.2) is 0 Å². The topological polar surface area (TPSA) is 85.5 Å². The van der Waals surface area contributed by atoms with Crippen molar-refractivity contribution in [1.82, 2.24) is 0 Å². The molecule has 0 bridgehead atoms. The monoisotopic (exact) mass is 538 g/mol. The van der Waals surface area contributed by atoms with Gasteiger partial charge in [0.15, 0.2) is 0 Å². The third-order valence-electron chi connectivity index (χ3n) is 5.71. The van der Waals surface area contributed by atoms with Crippen LogP contribution < -0.4 is 0 Å². The summed E-state index contributed by atoms with van der Waals surface area (Å²) in [7, 11) is 0. The smallest absolute Gasteiger partial charge is 2.00 e. The van der Waals surface area contributed by atoms with Gasteiger partial charge in [-0.25, -0.2) is 0 Å². The van der Waals surface area contributed by atoms with Gasteiger partial charge in [0, 0.05) is 0 Å². The van der Waals surface area contributed by atoms with E-state index in [2.05, 4.69) is 27.7 Å². The molecular weight excluding hydrogens is 480 g/mol. The van der Waals surface area contributed by atoms with Crippen LogP contribution >= 0.6 is 0 Å². The fourth-order valence-electron chi connectivity index (χ4n) is 3.68. The maximum atomic E-state index is 3.86. The van der Waals surface area contributed by atoms with E-state index >= 15 is 0 Å². The van der Waals surface area contributed by atoms with Gasteiger partial charge in [-0.3, -0.25) is 0 Å². The average Bonchev–Trinajstić information content (AvgIpc) is 2.71. The van der Waals surface area contributed by atoms with Crippen LogP contribution in [0.25, 0.3) is 0 Å². The predicted octanol–water partition coefficient (Wildman–Crippen LogP) is 10.7. The normalized spacial score (nSPS) is 9.09. The predicted molar refractivity (Wildman–Crippen MR) is 135 cm³/mol. The molecule has 0 aromatic heterocycles. The Morgan fingerprint density at radius 3 is 0.606 bits per heavy atom. The van der Waals surface area contributed by atoms with Crippen LogP contribution in [0, 0.1) is 13.8 Å². The molecule has 0 rings (SSSR count). The van der Waals surface area contributed by atoms with E-state index in [1.54, 1.807) is 0 Å². The molecule has 0 aromatic rings. The Bertz CT molecular complexity index is 197. The van der Waals surface area contributed by atoms with Gasteiger partial charge in [0.2, 0.25) is 0 Å². The Labute approximate surface area is 240 Å². The molecule has 196 valence electrons. The van der Waals surface area contributed by atoms with Gasteiger partial charge in [-0.2, -0.15) is 12.8 Å². The van der Waals surface area contributed by atoms with Gasteiger partial charge in [-0.05, 0) is 0 Å². The van der Waals surface area contributed by atoms with Crippen LogP contribution in [0.1, 0.15) is 168 Å². The molecule has 0 radical (unpaired) electrons. The third-order valence-corrected chi connectivity index (χ3v) is 5.71. The molecule has 3 nitrogen and oxygen atoms in total. The van der Waals surface area contributed by atoms with Gasteiger partial charge >= 0.3 is 43.4 Å². The minimum atomic E-state index is 0. The second kappa shape index (κ2) is 54.3. The second-order valence-electron chi connectivity index (χ2n) is 8.78. The standard InChI is InChI=1S/2C14H29.3O.2Ti/c2*1-3-5-7-9-11-13-14-12-10-8-6-4-2;;;;;/h2*1,3-14H2,2H3;;;;;/q2*-1;3*-2;2*+4. The average molecular weight is 539 g/mol. The van der Waals surface area contributed by atoms with Crippen molar-refractivity contribution < 1.29 is 59.9 Å². The number of hydrogen-bond donors (Lipinski definition) is 0. The zero-order valence-corrected chi connectivity index (χ0v) is 25.7. The molecule has 0 fully saturated rings. The minimum absolute atomic E-state index is 0. The van der Waals surface area contributed by atoms with E-state index in [0.29, 0.717) is 0 Å². The van der Waals surface area contributed by atoms with Crippen LogP contribution in [0.15, 0.2) is 0 Å². The van der Waals surface area contributed by atoms with Gasteiger partial charge in [-0.1, -0.05) is 155 Å². The van der Waals surface area contributed by atoms with Crippen molar-refractivity contribution in [3.05, 3.63) is 13.8 Å². The molecule has 0 saturated heterocycles. The molecule has 0 aromatic carbocycles. The van der Waals surface area contributed by atoms with Crippen molar-refractivity contribution in [1.29, 1.82) is 0 Å². The summed E-state index contributed by atoms with van der Waals surface area (Å²) >= 11 is 0. The summed E-state index contributed by atoms with van der Waals surface area (Å²) in [4.78, 5) is 0. The summed E-state index contributed by atoms with van der Waals surface area (Å²) < 4.78 is 0. The van der Waals surface area contributed by atoms with Crippen LogP contribution in [0.4, 0.5) is 0 Å². The summed E-state index contributed by atoms with van der Waals surface area (Å²) in [6.45, 7) is 12.3. The second-order valence-corrected chi connectivity index (χ2v) is 8.78. The van der Waals surface area contributed by atoms with Gasteiger partial charge < -0.3 is 30.3 Å². The minimum Gasteiger partial charge on any atom is -2.00 e. The molecule has 0 aliphatic carbocycles. The fourth-order valence-corrected chi connectivity index (χ4v) is 3.68. The fraction of sp³-hybridized carbons (Fsp3) is 0.929. The van der Waals surface area contributed by atoms with Gasteiger partial charge in [0.05, 0.1) is 0 Å². The zero-order valence-electron chi connectivity index (χ0n) is 22.6. The largest absolute Gasteiger partial charge is 4.00 e. The number of rotatable bonds is 22. The van der Waals surface area contributed by atoms with Crippen molar-refractivity contribution in [3.63, 3.8) is 0 Å². The van der Waals surface area contributed by atoms with Crippen LogP contribution in [-0.2, 0) is 59.9 Å². The van der Waals surface area contributed by atoms with E-state index in [9.17, 15) is 0 Å². The van der Waals surface area contributed by atoms with Crippen LogP contribution in [0.2, 0.25) is 0 Å². The first kappa shape index (κ1) is 51.0. The molecule has 0 aliphatic rings. The van der Waals surface area contributed by atoms with Crippen LogP contribution in [0.5, 0.6) is 0 Å². The number of unbranched alkanes of at least 4 members (excludes halogenated alkanes) is 22. The summed E-state index contributed by atoms with van der Waals surface area (Å²) in [6, 6.07) is 0. The molecule has 0 N–H and O–H groups in total. The summed E-state index contributed by atoms with van der Waals surface area (Å²) in [6.07, 6.45) is 33.7. The summed E-state index contributed by atoms with van der Waals surface area (Å²) in [5.74, 6) is 0. The maximum Gasteiger partial charge on any atom is 4.00 e. The van der Waals surface area contributed by atoms with Gasteiger partial charge in [0.25, 0.3) is 0 Å². The maximum absolute atomic E-state index is 3.86. The van der Waals surface area contributed by atoms with Crippen molar-refractivity contribution in [2.75, 3.05) is 0 Å². The van der Waals surface area contributed by atoms with Gasteiger partial charge in [-0.15, -0.1) is 0 Å². The van der Waals surface area contributed by atoms with Crippen molar-refractivity contribution in [2.24, 2.45) is 0 Å². The molecular formula is C28H58O3Ti2. The Morgan fingerprint density at radius 1 is 0.303 bits per heavy atom. The van der Waals surface area contributed by atoms with Crippen molar-refractivity contribution >= 4 is 0 Å². The summed E-state index contributed by atoms with van der Waals surface area (Å²) in [5, 5.41) is 0. The van der Waals surface area contributed by atoms with Crippen LogP contribution in [0.3, 0.4) is 0 Å². The third kappa shape index (κ3) is 60.1. The zero-order chi connectivity index (χ0) is 21.0. The Morgan fingerprint density at radius 2 is 0.455 bits per heavy atom. The first-order chi connectivity index (χ1) is 13.8. The first-order valence-electron chi connectivity index (χ1n) is 13.4. The van der Waals surface area contributed by atoms with Gasteiger partial charge in [0.1, 0.15) is 0 Å². The molecule has 0 unspecified atom stereocenters. The summed E-state index contributed by atoms with van der Waals surface area (Å²) in [5.41, 5.74) is 0. The SMILES string of the molecule is [CH2-]CCCCCCCCCCCCC.[CH2-]CCCCCCCCCCCCC.[O-2].[O-2].[O-2].[Ti+4].[Ti+4]. The molecule has 0 atom stereocenters. The molecule has 0 spiro atoms. The molecule has 0 aliphatic heterocycles. The van der Waals surface area contributed by atoms with Crippen molar-refractivity contribution in [2.45, 2.75) is 168 Å². The van der Waals surface area contributed by atoms with Crippen molar-refractivity contribution in [3.8, 4) is 0 Å². The number of hydrogen-bond acceptors (Lipinski definition) is 0. The van der Waals surface area contributed by atoms with E-state index in [4.69, 9.17) is 0 Å². The first-order valence-corrected chi connectivity index (χ1v) is 13.4. The Kier molecular flexibility index (Phi) is 84.0. The molecule has 33 heavy (non-hydrogen) atoms. The van der Waals surface area contributed by atoms with E-state index in [1.165, 1.54) is 141 Å². The van der Waals surface area contributed by atoms with E-state index in [1.807, 2.05) is 0 Å². The molecule has 5 heteroatoms. The Balaban J connectivity index is -0.0000000712.